The van der Waals surface area contributed by atoms with Gasteiger partial charge in [0.15, 0.2) is 0 Å². The molecular formula is C16H21N3O2. The van der Waals surface area contributed by atoms with E-state index >= 15 is 0 Å². The Hall–Kier alpha value is -2.17. The Balaban J connectivity index is 1.78. The van der Waals surface area contributed by atoms with E-state index in [0.29, 0.717) is 31.0 Å². The van der Waals surface area contributed by atoms with E-state index in [1.165, 1.54) is 11.1 Å². The highest BCUT2D eigenvalue weighted by atomic mass is 16.2. The van der Waals surface area contributed by atoms with Gasteiger partial charge in [-0.1, -0.05) is 38.1 Å². The highest BCUT2D eigenvalue weighted by molar-refractivity contribution is 6.39. The van der Waals surface area contributed by atoms with Crippen LogP contribution in [0.1, 0.15) is 43.7 Å². The van der Waals surface area contributed by atoms with Crippen molar-refractivity contribution in [3.63, 3.8) is 0 Å². The van der Waals surface area contributed by atoms with E-state index in [9.17, 15) is 9.59 Å². The molecule has 2 amide bonds. The minimum Gasteiger partial charge on any atom is -0.351 e. The lowest BCUT2D eigenvalue weighted by Crippen LogP contribution is -2.37. The van der Waals surface area contributed by atoms with E-state index in [-0.39, 0.29) is 11.8 Å². The van der Waals surface area contributed by atoms with Crippen LogP contribution < -0.4 is 10.7 Å². The standard InChI is InChI=1S/C16H21N3O2/c1-11(2)13-5-3-12(4-6-13)9-10-17-16(21)14-7-8-15(20)19-18-14/h3-6,11H,7-10H2,1-2H3,(H,17,21)(H,19,20). The molecule has 112 valence electrons. The number of hydrogen-bond donors (Lipinski definition) is 2. The maximum atomic E-state index is 11.8. The number of amides is 2. The summed E-state index contributed by atoms with van der Waals surface area (Å²) in [5, 5.41) is 6.60. The lowest BCUT2D eigenvalue weighted by atomic mass is 10.0. The van der Waals surface area contributed by atoms with Crippen LogP contribution in [0.25, 0.3) is 0 Å². The summed E-state index contributed by atoms with van der Waals surface area (Å²) in [5.41, 5.74) is 5.23. The van der Waals surface area contributed by atoms with Gasteiger partial charge in [0.05, 0.1) is 0 Å². The summed E-state index contributed by atoms with van der Waals surface area (Å²) < 4.78 is 0. The van der Waals surface area contributed by atoms with Gasteiger partial charge in [0, 0.05) is 19.4 Å². The van der Waals surface area contributed by atoms with Gasteiger partial charge in [-0.3, -0.25) is 9.59 Å². The molecule has 0 radical (unpaired) electrons. The maximum Gasteiger partial charge on any atom is 0.267 e. The molecule has 1 aliphatic rings. The van der Waals surface area contributed by atoms with Crippen LogP contribution in [0, 0.1) is 0 Å². The fourth-order valence-electron chi connectivity index (χ4n) is 2.13. The SMILES string of the molecule is CC(C)c1ccc(CCNC(=O)C2=NNC(=O)CC2)cc1. The van der Waals surface area contributed by atoms with E-state index in [0.717, 1.165) is 6.42 Å². The molecule has 0 unspecified atom stereocenters. The average Bonchev–Trinajstić information content (AvgIpc) is 2.48. The van der Waals surface area contributed by atoms with Crippen LogP contribution in [-0.2, 0) is 16.0 Å². The van der Waals surface area contributed by atoms with Crippen LogP contribution in [0.4, 0.5) is 0 Å². The van der Waals surface area contributed by atoms with Gasteiger partial charge in [0.1, 0.15) is 5.71 Å². The summed E-state index contributed by atoms with van der Waals surface area (Å²) in [5.74, 6) is 0.184. The van der Waals surface area contributed by atoms with Crippen molar-refractivity contribution in [2.75, 3.05) is 6.54 Å². The van der Waals surface area contributed by atoms with Crippen molar-refractivity contribution in [2.24, 2.45) is 5.10 Å². The summed E-state index contributed by atoms with van der Waals surface area (Å²) in [6, 6.07) is 8.45. The average molecular weight is 287 g/mol. The second-order valence-electron chi connectivity index (χ2n) is 5.50. The third-order valence-corrected chi connectivity index (χ3v) is 3.51. The van der Waals surface area contributed by atoms with Crippen LogP contribution in [0.2, 0.25) is 0 Å². The van der Waals surface area contributed by atoms with Crippen LogP contribution in [0.15, 0.2) is 29.4 Å². The molecule has 1 heterocycles. The normalized spacial score (nSPS) is 14.6. The van der Waals surface area contributed by atoms with Crippen molar-refractivity contribution in [3.05, 3.63) is 35.4 Å². The van der Waals surface area contributed by atoms with Gasteiger partial charge >= 0.3 is 0 Å². The zero-order chi connectivity index (χ0) is 15.2. The minimum absolute atomic E-state index is 0.142. The number of hydrogen-bond acceptors (Lipinski definition) is 3. The molecule has 1 aromatic rings. The molecule has 21 heavy (non-hydrogen) atoms. The van der Waals surface area contributed by atoms with Crippen molar-refractivity contribution >= 4 is 17.5 Å². The number of hydrazone groups is 1. The minimum atomic E-state index is -0.200. The zero-order valence-electron chi connectivity index (χ0n) is 12.5. The first kappa shape index (κ1) is 15.2. The molecule has 0 atom stereocenters. The Labute approximate surface area is 124 Å². The third-order valence-electron chi connectivity index (χ3n) is 3.51. The summed E-state index contributed by atoms with van der Waals surface area (Å²) in [4.78, 5) is 22.8. The summed E-state index contributed by atoms with van der Waals surface area (Å²) in [6.07, 6.45) is 1.51. The van der Waals surface area contributed by atoms with Crippen molar-refractivity contribution in [1.29, 1.82) is 0 Å². The van der Waals surface area contributed by atoms with Crippen LogP contribution >= 0.6 is 0 Å². The van der Waals surface area contributed by atoms with E-state index in [1.54, 1.807) is 0 Å². The quantitative estimate of drug-likeness (QED) is 0.866. The molecular weight excluding hydrogens is 266 g/mol. The molecule has 0 saturated heterocycles. The Morgan fingerprint density at radius 2 is 2.00 bits per heavy atom. The number of benzene rings is 1. The number of nitrogens with one attached hydrogen (secondary N) is 2. The fraction of sp³-hybridized carbons (Fsp3) is 0.438. The second kappa shape index (κ2) is 7.02. The predicted octanol–water partition coefficient (Wildman–Crippen LogP) is 1.73. The molecule has 0 bridgehead atoms. The van der Waals surface area contributed by atoms with Crippen LogP contribution in [0.3, 0.4) is 0 Å². The predicted molar refractivity (Wildman–Crippen MR) is 82.1 cm³/mol. The number of carbonyl (C=O) groups excluding carboxylic acids is 2. The number of rotatable bonds is 5. The topological polar surface area (TPSA) is 70.6 Å². The van der Waals surface area contributed by atoms with Gasteiger partial charge < -0.3 is 5.32 Å². The van der Waals surface area contributed by atoms with E-state index in [1.807, 2.05) is 0 Å². The van der Waals surface area contributed by atoms with Gasteiger partial charge in [0.25, 0.3) is 5.91 Å². The van der Waals surface area contributed by atoms with Gasteiger partial charge in [-0.2, -0.15) is 5.10 Å². The summed E-state index contributed by atoms with van der Waals surface area (Å²) >= 11 is 0. The van der Waals surface area contributed by atoms with Crippen molar-refractivity contribution in [1.82, 2.24) is 10.7 Å². The first-order valence-electron chi connectivity index (χ1n) is 7.28. The Bertz CT molecular complexity index is 547. The monoisotopic (exact) mass is 287 g/mol. The second-order valence-corrected chi connectivity index (χ2v) is 5.50. The van der Waals surface area contributed by atoms with E-state index in [2.05, 4.69) is 54.0 Å². The van der Waals surface area contributed by atoms with E-state index in [4.69, 9.17) is 0 Å². The highest BCUT2D eigenvalue weighted by Crippen LogP contribution is 2.14. The molecule has 2 N–H and O–H groups in total. The van der Waals surface area contributed by atoms with Gasteiger partial charge in [-0.15, -0.1) is 0 Å². The molecule has 0 aromatic heterocycles. The Morgan fingerprint density at radius 1 is 1.29 bits per heavy atom. The first-order chi connectivity index (χ1) is 10.1. The molecule has 5 nitrogen and oxygen atoms in total. The van der Waals surface area contributed by atoms with Crippen LogP contribution in [-0.4, -0.2) is 24.1 Å². The summed E-state index contributed by atoms with van der Waals surface area (Å²) in [7, 11) is 0. The summed E-state index contributed by atoms with van der Waals surface area (Å²) in [6.45, 7) is 4.89. The maximum absolute atomic E-state index is 11.8. The Kier molecular flexibility index (Phi) is 5.09. The molecule has 0 saturated carbocycles. The van der Waals surface area contributed by atoms with Gasteiger partial charge in [-0.05, 0) is 23.5 Å². The molecule has 0 aliphatic carbocycles. The van der Waals surface area contributed by atoms with Crippen LogP contribution in [0.5, 0.6) is 0 Å². The molecule has 0 spiro atoms. The molecule has 2 rings (SSSR count). The lowest BCUT2D eigenvalue weighted by molar-refractivity contribution is -0.121. The third kappa shape index (κ3) is 4.41. The molecule has 5 heteroatoms. The first-order valence-corrected chi connectivity index (χ1v) is 7.28. The molecule has 0 fully saturated rings. The fourth-order valence-corrected chi connectivity index (χ4v) is 2.13. The molecule has 1 aliphatic heterocycles. The molecule has 1 aromatic carbocycles. The van der Waals surface area contributed by atoms with Crippen molar-refractivity contribution in [2.45, 2.75) is 39.0 Å². The van der Waals surface area contributed by atoms with E-state index < -0.39 is 0 Å². The van der Waals surface area contributed by atoms with Gasteiger partial charge in [0.2, 0.25) is 5.91 Å². The van der Waals surface area contributed by atoms with Crippen molar-refractivity contribution < 1.29 is 9.59 Å². The Morgan fingerprint density at radius 3 is 2.57 bits per heavy atom. The number of carbonyl (C=O) groups is 2. The van der Waals surface area contributed by atoms with Gasteiger partial charge in [-0.25, -0.2) is 5.43 Å². The largest absolute Gasteiger partial charge is 0.351 e. The van der Waals surface area contributed by atoms with Crippen molar-refractivity contribution in [3.8, 4) is 0 Å². The zero-order valence-corrected chi connectivity index (χ0v) is 12.5. The lowest BCUT2D eigenvalue weighted by Gasteiger charge is -2.12. The smallest absolute Gasteiger partial charge is 0.267 e. The number of nitrogens with zero attached hydrogens (tertiary/aromatic N) is 1. The highest BCUT2D eigenvalue weighted by Gasteiger charge is 2.17.